The van der Waals surface area contributed by atoms with Gasteiger partial charge in [-0.05, 0) is 47.5 Å². The Morgan fingerprint density at radius 3 is 2.57 bits per heavy atom. The first kappa shape index (κ1) is 23.9. The maximum atomic E-state index is 13.2. The molecule has 1 saturated heterocycles. The third-order valence-electron chi connectivity index (χ3n) is 6.06. The van der Waals surface area contributed by atoms with Crippen LogP contribution >= 0.6 is 0 Å². The molecule has 4 aromatic rings. The standard InChI is InChI=1S/C29H24N2O6/c1-18-7-9-19(10-8-18)17-36-25-13-11-20-5-3-4-6-22(20)23(25)15-24-27(32)31(29(34)30-24)16-21-12-14-26(37-21)28(33)35-2/h3-15H,16-17H2,1-2H3,(H,30,34). The SMILES string of the molecule is COC(=O)c1ccc(CN2C(=O)NC(=Cc3c(OCc4ccc(C)cc4)ccc4ccccc34)C2=O)o1. The molecule has 0 saturated carbocycles. The lowest BCUT2D eigenvalue weighted by molar-refractivity contribution is -0.123. The van der Waals surface area contributed by atoms with Crippen LogP contribution in [0.5, 0.6) is 5.75 Å². The van der Waals surface area contributed by atoms with Crippen LogP contribution in [-0.2, 0) is 22.7 Å². The van der Waals surface area contributed by atoms with Gasteiger partial charge in [0.1, 0.15) is 23.8 Å². The number of esters is 1. The molecule has 2 heterocycles. The number of amides is 3. The molecule has 1 fully saturated rings. The van der Waals surface area contributed by atoms with Gasteiger partial charge in [0.2, 0.25) is 5.76 Å². The van der Waals surface area contributed by atoms with Gasteiger partial charge in [0.25, 0.3) is 5.91 Å². The minimum absolute atomic E-state index is 0.00792. The van der Waals surface area contributed by atoms with Crippen LogP contribution in [0.25, 0.3) is 16.8 Å². The molecular formula is C29H24N2O6. The van der Waals surface area contributed by atoms with E-state index in [4.69, 9.17) is 9.15 Å². The molecule has 37 heavy (non-hydrogen) atoms. The van der Waals surface area contributed by atoms with Crippen LogP contribution in [0, 0.1) is 6.92 Å². The number of ether oxygens (including phenoxy) is 2. The molecule has 1 aliphatic rings. The van der Waals surface area contributed by atoms with Crippen LogP contribution in [0.3, 0.4) is 0 Å². The topological polar surface area (TPSA) is 98.1 Å². The zero-order valence-corrected chi connectivity index (χ0v) is 20.3. The lowest BCUT2D eigenvalue weighted by atomic mass is 10.0. The van der Waals surface area contributed by atoms with Crippen molar-refractivity contribution in [3.8, 4) is 5.75 Å². The first-order valence-corrected chi connectivity index (χ1v) is 11.6. The molecule has 0 bridgehead atoms. The summed E-state index contributed by atoms with van der Waals surface area (Å²) >= 11 is 0. The first-order valence-electron chi connectivity index (χ1n) is 11.6. The lowest BCUT2D eigenvalue weighted by Gasteiger charge is -2.13. The van der Waals surface area contributed by atoms with Crippen LogP contribution in [-0.4, -0.2) is 29.9 Å². The van der Waals surface area contributed by atoms with Gasteiger partial charge in [-0.1, -0.05) is 60.2 Å². The number of hydrogen-bond donors (Lipinski definition) is 1. The second-order valence-electron chi connectivity index (χ2n) is 8.61. The number of hydrogen-bond acceptors (Lipinski definition) is 6. The number of imide groups is 1. The Kier molecular flexibility index (Phi) is 6.47. The molecule has 1 aliphatic heterocycles. The highest BCUT2D eigenvalue weighted by atomic mass is 16.5. The molecule has 1 aromatic heterocycles. The second-order valence-corrected chi connectivity index (χ2v) is 8.61. The molecule has 0 spiro atoms. The molecule has 0 unspecified atom stereocenters. The molecule has 0 radical (unpaired) electrons. The summed E-state index contributed by atoms with van der Waals surface area (Å²) in [6.45, 7) is 2.24. The number of nitrogens with zero attached hydrogens (tertiary/aromatic N) is 1. The summed E-state index contributed by atoms with van der Waals surface area (Å²) in [7, 11) is 1.24. The highest BCUT2D eigenvalue weighted by Crippen LogP contribution is 2.32. The Morgan fingerprint density at radius 1 is 1.00 bits per heavy atom. The predicted octanol–water partition coefficient (Wildman–Crippen LogP) is 5.20. The Morgan fingerprint density at radius 2 is 1.78 bits per heavy atom. The van der Waals surface area contributed by atoms with Gasteiger partial charge in [-0.15, -0.1) is 0 Å². The number of carbonyl (C=O) groups is 3. The summed E-state index contributed by atoms with van der Waals surface area (Å²) in [6, 6.07) is 22.0. The van der Waals surface area contributed by atoms with E-state index in [1.807, 2.05) is 67.6 Å². The summed E-state index contributed by atoms with van der Waals surface area (Å²) in [6.07, 6.45) is 1.63. The van der Waals surface area contributed by atoms with Gasteiger partial charge in [0.15, 0.2) is 0 Å². The van der Waals surface area contributed by atoms with E-state index < -0.39 is 17.9 Å². The van der Waals surface area contributed by atoms with Crippen LogP contribution in [0.4, 0.5) is 4.79 Å². The van der Waals surface area contributed by atoms with E-state index >= 15 is 0 Å². The zero-order valence-electron chi connectivity index (χ0n) is 20.3. The van der Waals surface area contributed by atoms with Crippen molar-refractivity contribution in [2.24, 2.45) is 0 Å². The highest BCUT2D eigenvalue weighted by Gasteiger charge is 2.34. The van der Waals surface area contributed by atoms with Crippen molar-refractivity contribution in [1.82, 2.24) is 10.2 Å². The van der Waals surface area contributed by atoms with Crippen LogP contribution < -0.4 is 10.1 Å². The van der Waals surface area contributed by atoms with Gasteiger partial charge < -0.3 is 19.2 Å². The minimum Gasteiger partial charge on any atom is -0.488 e. The summed E-state index contributed by atoms with van der Waals surface area (Å²) in [4.78, 5) is 38.5. The normalized spacial score (nSPS) is 14.3. The van der Waals surface area contributed by atoms with Gasteiger partial charge in [0, 0.05) is 5.56 Å². The van der Waals surface area contributed by atoms with Crippen molar-refractivity contribution in [2.45, 2.75) is 20.1 Å². The van der Waals surface area contributed by atoms with E-state index in [-0.39, 0.29) is 23.8 Å². The second kappa shape index (κ2) is 10.0. The maximum absolute atomic E-state index is 13.2. The summed E-state index contributed by atoms with van der Waals surface area (Å²) in [5, 5.41) is 4.49. The lowest BCUT2D eigenvalue weighted by Crippen LogP contribution is -2.30. The van der Waals surface area contributed by atoms with Crippen molar-refractivity contribution < 1.29 is 28.3 Å². The third-order valence-corrected chi connectivity index (χ3v) is 6.06. The Bertz CT molecular complexity index is 1530. The summed E-state index contributed by atoms with van der Waals surface area (Å²) in [5.41, 5.74) is 2.97. The fraction of sp³-hybridized carbons (Fsp3) is 0.138. The average molecular weight is 497 g/mol. The maximum Gasteiger partial charge on any atom is 0.373 e. The molecular weight excluding hydrogens is 472 g/mol. The monoisotopic (exact) mass is 496 g/mol. The quantitative estimate of drug-likeness (QED) is 0.215. The van der Waals surface area contributed by atoms with E-state index in [9.17, 15) is 14.4 Å². The van der Waals surface area contributed by atoms with Crippen molar-refractivity contribution in [3.05, 3.63) is 107 Å². The smallest absolute Gasteiger partial charge is 0.373 e. The van der Waals surface area contributed by atoms with Crippen LogP contribution in [0.2, 0.25) is 0 Å². The number of furan rings is 1. The van der Waals surface area contributed by atoms with Gasteiger partial charge >= 0.3 is 12.0 Å². The van der Waals surface area contributed by atoms with E-state index in [0.29, 0.717) is 17.9 Å². The number of rotatable bonds is 7. The number of benzene rings is 3. The summed E-state index contributed by atoms with van der Waals surface area (Å²) in [5.74, 6) is -0.304. The van der Waals surface area contributed by atoms with Gasteiger partial charge in [-0.3, -0.25) is 9.69 Å². The largest absolute Gasteiger partial charge is 0.488 e. The third kappa shape index (κ3) is 4.95. The number of aryl methyl sites for hydroxylation is 1. The molecule has 8 heteroatoms. The number of methoxy groups -OCH3 is 1. The van der Waals surface area contributed by atoms with Crippen LogP contribution in [0.1, 0.15) is 33.0 Å². The van der Waals surface area contributed by atoms with E-state index in [0.717, 1.165) is 26.8 Å². The van der Waals surface area contributed by atoms with E-state index in [1.54, 1.807) is 6.08 Å². The van der Waals surface area contributed by atoms with Crippen molar-refractivity contribution in [3.63, 3.8) is 0 Å². The molecule has 0 atom stereocenters. The van der Waals surface area contributed by atoms with Gasteiger partial charge in [-0.25, -0.2) is 9.59 Å². The number of fused-ring (bicyclic) bond motifs is 1. The Hall–Kier alpha value is -4.85. The Balaban J connectivity index is 1.44. The molecule has 8 nitrogen and oxygen atoms in total. The predicted molar refractivity (Wildman–Crippen MR) is 137 cm³/mol. The number of urea groups is 1. The van der Waals surface area contributed by atoms with E-state index in [2.05, 4.69) is 10.1 Å². The van der Waals surface area contributed by atoms with Crippen molar-refractivity contribution >= 4 is 34.8 Å². The molecule has 1 N–H and O–H groups in total. The molecule has 3 amide bonds. The Labute approximate surface area is 213 Å². The minimum atomic E-state index is -0.641. The van der Waals surface area contributed by atoms with Crippen molar-refractivity contribution in [1.29, 1.82) is 0 Å². The van der Waals surface area contributed by atoms with Gasteiger partial charge in [0.05, 0.1) is 13.7 Å². The van der Waals surface area contributed by atoms with Gasteiger partial charge in [-0.2, -0.15) is 0 Å². The molecule has 0 aliphatic carbocycles. The van der Waals surface area contributed by atoms with Crippen molar-refractivity contribution in [2.75, 3.05) is 7.11 Å². The number of nitrogens with one attached hydrogen (secondary N) is 1. The molecule has 186 valence electrons. The highest BCUT2D eigenvalue weighted by molar-refractivity contribution is 6.14. The molecule has 5 rings (SSSR count). The average Bonchev–Trinajstić information content (AvgIpc) is 3.49. The fourth-order valence-corrected chi connectivity index (χ4v) is 4.08. The van der Waals surface area contributed by atoms with Crippen LogP contribution in [0.15, 0.2) is 82.9 Å². The first-order chi connectivity index (χ1) is 17.9. The molecule has 3 aromatic carbocycles. The number of carbonyl (C=O) groups excluding carboxylic acids is 3. The van der Waals surface area contributed by atoms with E-state index in [1.165, 1.54) is 19.2 Å². The fourth-order valence-electron chi connectivity index (χ4n) is 4.08. The zero-order chi connectivity index (χ0) is 25.9. The summed E-state index contributed by atoms with van der Waals surface area (Å²) < 4.78 is 16.2.